The summed E-state index contributed by atoms with van der Waals surface area (Å²) >= 11 is 0. The van der Waals surface area contributed by atoms with Crippen LogP contribution in [-0.4, -0.2) is 51.1 Å². The fourth-order valence-corrected chi connectivity index (χ4v) is 1.82. The van der Waals surface area contributed by atoms with Gasteiger partial charge < -0.3 is 15.5 Å². The predicted molar refractivity (Wildman–Crippen MR) is 92.1 cm³/mol. The van der Waals surface area contributed by atoms with Crippen LogP contribution in [0.2, 0.25) is 0 Å². The Morgan fingerprint density at radius 2 is 1.70 bits per heavy atom. The van der Waals surface area contributed by atoms with Gasteiger partial charge in [-0.2, -0.15) is 0 Å². The predicted octanol–water partition coefficient (Wildman–Crippen LogP) is 2.17. The Labute approximate surface area is 137 Å². The summed E-state index contributed by atoms with van der Waals surface area (Å²) in [5.74, 6) is 0.155. The summed E-state index contributed by atoms with van der Waals surface area (Å²) in [5, 5.41) is 6.23. The second-order valence-corrected chi connectivity index (χ2v) is 6.48. The van der Waals surface area contributed by atoms with E-state index >= 15 is 0 Å². The Kier molecular flexibility index (Phi) is 14.5. The molecule has 0 aromatic rings. The van der Waals surface area contributed by atoms with E-state index in [0.717, 1.165) is 19.5 Å². The van der Waals surface area contributed by atoms with Crippen LogP contribution >= 0.6 is 24.8 Å². The fourth-order valence-electron chi connectivity index (χ4n) is 1.82. The monoisotopic (exact) mass is 329 g/mol. The molecule has 124 valence electrons. The second kappa shape index (κ2) is 11.6. The first-order valence-corrected chi connectivity index (χ1v) is 6.78. The van der Waals surface area contributed by atoms with Crippen LogP contribution in [0.5, 0.6) is 0 Å². The lowest BCUT2D eigenvalue weighted by atomic mass is 9.84. The van der Waals surface area contributed by atoms with E-state index in [9.17, 15) is 4.79 Å². The molecule has 0 aromatic carbocycles. The second-order valence-electron chi connectivity index (χ2n) is 6.48. The minimum atomic E-state index is 0. The highest BCUT2D eigenvalue weighted by Gasteiger charge is 2.27. The minimum Gasteiger partial charge on any atom is -0.353 e. The van der Waals surface area contributed by atoms with E-state index in [-0.39, 0.29) is 48.1 Å². The van der Waals surface area contributed by atoms with Crippen molar-refractivity contribution in [3.8, 4) is 0 Å². The molecule has 0 bridgehead atoms. The molecule has 0 rings (SSSR count). The van der Waals surface area contributed by atoms with Crippen molar-refractivity contribution in [1.82, 2.24) is 15.5 Å². The average Bonchev–Trinajstić information content (AvgIpc) is 2.22. The van der Waals surface area contributed by atoms with E-state index in [2.05, 4.69) is 50.4 Å². The van der Waals surface area contributed by atoms with Crippen LogP contribution in [0.15, 0.2) is 0 Å². The fraction of sp³-hybridized carbons (Fsp3) is 0.929. The minimum absolute atomic E-state index is 0. The lowest BCUT2D eigenvalue weighted by Crippen LogP contribution is -2.48. The third kappa shape index (κ3) is 10.7. The van der Waals surface area contributed by atoms with Gasteiger partial charge in [0.25, 0.3) is 0 Å². The van der Waals surface area contributed by atoms with Crippen LogP contribution in [0.25, 0.3) is 0 Å². The Hall–Kier alpha value is -0.0300. The van der Waals surface area contributed by atoms with Gasteiger partial charge in [-0.3, -0.25) is 4.79 Å². The number of carbonyl (C=O) groups excluding carboxylic acids is 1. The van der Waals surface area contributed by atoms with Gasteiger partial charge in [0, 0.05) is 18.5 Å². The smallest absolute Gasteiger partial charge is 0.224 e. The number of carbonyl (C=O) groups is 1. The van der Waals surface area contributed by atoms with Gasteiger partial charge >= 0.3 is 0 Å². The van der Waals surface area contributed by atoms with Crippen LogP contribution in [-0.2, 0) is 4.79 Å². The van der Waals surface area contributed by atoms with Gasteiger partial charge in [0.2, 0.25) is 5.91 Å². The molecule has 2 N–H and O–H groups in total. The Morgan fingerprint density at radius 3 is 2.05 bits per heavy atom. The van der Waals surface area contributed by atoms with Gasteiger partial charge in [0.15, 0.2) is 0 Å². The number of nitrogens with zero attached hydrogens (tertiary/aromatic N) is 1. The van der Waals surface area contributed by atoms with E-state index in [4.69, 9.17) is 0 Å². The summed E-state index contributed by atoms with van der Waals surface area (Å²) in [4.78, 5) is 14.2. The molecular weight excluding hydrogens is 297 g/mol. The van der Waals surface area contributed by atoms with E-state index in [1.165, 1.54) is 0 Å². The zero-order valence-electron chi connectivity index (χ0n) is 13.9. The van der Waals surface area contributed by atoms with Crippen molar-refractivity contribution >= 4 is 30.7 Å². The Bertz CT molecular complexity index is 255. The zero-order valence-corrected chi connectivity index (χ0v) is 15.6. The summed E-state index contributed by atoms with van der Waals surface area (Å²) in [6, 6.07) is 0.215. The molecule has 0 aromatic heterocycles. The molecule has 2 atom stereocenters. The molecule has 0 aliphatic carbocycles. The summed E-state index contributed by atoms with van der Waals surface area (Å²) in [6.07, 6.45) is 0.981. The molecule has 0 saturated heterocycles. The highest BCUT2D eigenvalue weighted by Crippen LogP contribution is 2.22. The van der Waals surface area contributed by atoms with Crippen molar-refractivity contribution < 1.29 is 4.79 Å². The maximum atomic E-state index is 12.1. The van der Waals surface area contributed by atoms with Crippen molar-refractivity contribution in [2.75, 3.05) is 34.2 Å². The van der Waals surface area contributed by atoms with Crippen molar-refractivity contribution in [1.29, 1.82) is 0 Å². The highest BCUT2D eigenvalue weighted by atomic mass is 35.5. The average molecular weight is 330 g/mol. The molecule has 0 aliphatic heterocycles. The first-order chi connectivity index (χ1) is 8.18. The Morgan fingerprint density at radius 1 is 1.20 bits per heavy atom. The zero-order chi connectivity index (χ0) is 14.3. The molecule has 6 heteroatoms. The van der Waals surface area contributed by atoms with Crippen molar-refractivity contribution in [3.05, 3.63) is 0 Å². The normalized spacial score (nSPS) is 14.0. The maximum absolute atomic E-state index is 12.1. The number of rotatable bonds is 7. The molecule has 4 nitrogen and oxygen atoms in total. The van der Waals surface area contributed by atoms with Crippen LogP contribution in [0.4, 0.5) is 0 Å². The lowest BCUT2D eigenvalue weighted by molar-refractivity contribution is -0.126. The van der Waals surface area contributed by atoms with Gasteiger partial charge in [0.05, 0.1) is 0 Å². The van der Waals surface area contributed by atoms with Gasteiger partial charge in [0.1, 0.15) is 0 Å². The lowest BCUT2D eigenvalue weighted by Gasteiger charge is -2.33. The Balaban J connectivity index is -0.00000144. The van der Waals surface area contributed by atoms with Crippen LogP contribution in [0, 0.1) is 11.3 Å². The number of hydrogen-bond acceptors (Lipinski definition) is 3. The highest BCUT2D eigenvalue weighted by molar-refractivity contribution is 5.85. The number of hydrogen-bond donors (Lipinski definition) is 2. The number of nitrogens with one attached hydrogen (secondary N) is 2. The van der Waals surface area contributed by atoms with E-state index < -0.39 is 0 Å². The van der Waals surface area contributed by atoms with Crippen molar-refractivity contribution in [2.24, 2.45) is 11.3 Å². The molecule has 2 unspecified atom stereocenters. The first-order valence-electron chi connectivity index (χ1n) is 6.78. The van der Waals surface area contributed by atoms with Gasteiger partial charge in [-0.15, -0.1) is 24.8 Å². The van der Waals surface area contributed by atoms with Crippen LogP contribution in [0.1, 0.15) is 34.1 Å². The van der Waals surface area contributed by atoms with Gasteiger partial charge in [-0.1, -0.05) is 27.7 Å². The number of halogens is 2. The molecule has 0 fully saturated rings. The maximum Gasteiger partial charge on any atom is 0.224 e. The molecule has 0 aliphatic rings. The standard InChI is InChI=1S/C14H31N3O.2ClH/c1-11(10-15-5)13(18)16-12(14(2,3)4)8-9-17(6)7;;/h11-12,15H,8-10H2,1-7H3,(H,16,18);2*1H. The van der Waals surface area contributed by atoms with E-state index in [1.54, 1.807) is 0 Å². The molecule has 0 saturated carbocycles. The molecule has 20 heavy (non-hydrogen) atoms. The van der Waals surface area contributed by atoms with Crippen molar-refractivity contribution in [3.63, 3.8) is 0 Å². The van der Waals surface area contributed by atoms with Gasteiger partial charge in [-0.25, -0.2) is 0 Å². The van der Waals surface area contributed by atoms with E-state index in [0.29, 0.717) is 0 Å². The topological polar surface area (TPSA) is 44.4 Å². The summed E-state index contributed by atoms with van der Waals surface area (Å²) in [5.41, 5.74) is 0.0883. The van der Waals surface area contributed by atoms with Gasteiger partial charge in [-0.05, 0) is 39.5 Å². The van der Waals surface area contributed by atoms with Crippen LogP contribution in [0.3, 0.4) is 0 Å². The van der Waals surface area contributed by atoms with Crippen molar-refractivity contribution in [2.45, 2.75) is 40.2 Å². The quantitative estimate of drug-likeness (QED) is 0.752. The van der Waals surface area contributed by atoms with Crippen LogP contribution < -0.4 is 10.6 Å². The van der Waals surface area contributed by atoms with E-state index in [1.807, 2.05) is 14.0 Å². The molecule has 0 heterocycles. The third-order valence-electron chi connectivity index (χ3n) is 3.18. The largest absolute Gasteiger partial charge is 0.353 e. The third-order valence-corrected chi connectivity index (χ3v) is 3.18. The molecule has 0 radical (unpaired) electrons. The molecular formula is C14H33Cl2N3O. The summed E-state index contributed by atoms with van der Waals surface area (Å²) < 4.78 is 0. The summed E-state index contributed by atoms with van der Waals surface area (Å²) in [6.45, 7) is 10.2. The first kappa shape index (κ1) is 25.0. The molecule has 1 amide bonds. The molecule has 0 spiro atoms. The SMILES string of the molecule is CNCC(C)C(=O)NC(CCN(C)C)C(C)(C)C.Cl.Cl. The number of amides is 1. The summed E-state index contributed by atoms with van der Waals surface area (Å²) in [7, 11) is 5.99.